The number of H-pyrrole nitrogens is 1. The minimum atomic E-state index is 0.221. The first-order valence-corrected chi connectivity index (χ1v) is 9.56. The van der Waals surface area contributed by atoms with Crippen molar-refractivity contribution in [2.45, 2.75) is 26.4 Å². The van der Waals surface area contributed by atoms with E-state index in [4.69, 9.17) is 9.47 Å². The molecule has 0 bridgehead atoms. The van der Waals surface area contributed by atoms with Gasteiger partial charge in [-0.05, 0) is 43.1 Å². The van der Waals surface area contributed by atoms with Crippen LogP contribution in [0, 0.1) is 5.41 Å². The molecule has 0 aliphatic carbocycles. The predicted octanol–water partition coefficient (Wildman–Crippen LogP) is 4.14. The van der Waals surface area contributed by atoms with Gasteiger partial charge >= 0.3 is 0 Å². The molecule has 0 spiro atoms. The van der Waals surface area contributed by atoms with E-state index in [-0.39, 0.29) is 5.41 Å². The average Bonchev–Trinajstić information content (AvgIpc) is 3.13. The first kappa shape index (κ1) is 18.0. The summed E-state index contributed by atoms with van der Waals surface area (Å²) in [4.78, 5) is 7.77. The fraction of sp³-hybridized carbons (Fsp3) is 0.409. The number of hydrogen-bond acceptors (Lipinski definition) is 4. The molecule has 5 nitrogen and oxygen atoms in total. The summed E-state index contributed by atoms with van der Waals surface area (Å²) in [5, 5.41) is 4.48. The van der Waals surface area contributed by atoms with Crippen molar-refractivity contribution in [3.8, 4) is 16.9 Å². The number of rotatable bonds is 6. The molecule has 1 aromatic carbocycles. The van der Waals surface area contributed by atoms with Crippen LogP contribution < -0.4 is 10.1 Å². The largest absolute Gasteiger partial charge is 0.492 e. The lowest BCUT2D eigenvalue weighted by Gasteiger charge is -2.33. The van der Waals surface area contributed by atoms with E-state index >= 15 is 0 Å². The van der Waals surface area contributed by atoms with Crippen molar-refractivity contribution < 1.29 is 9.47 Å². The lowest BCUT2D eigenvalue weighted by Crippen LogP contribution is -2.38. The minimum absolute atomic E-state index is 0.221. The Balaban J connectivity index is 1.63. The molecule has 3 heterocycles. The number of methoxy groups -OCH3 is 1. The highest BCUT2D eigenvalue weighted by molar-refractivity contribution is 5.98. The van der Waals surface area contributed by atoms with Crippen LogP contribution in [0.5, 0.6) is 5.75 Å². The van der Waals surface area contributed by atoms with Crippen LogP contribution in [-0.2, 0) is 11.3 Å². The van der Waals surface area contributed by atoms with Gasteiger partial charge in [-0.2, -0.15) is 0 Å². The summed E-state index contributed by atoms with van der Waals surface area (Å²) in [7, 11) is 1.71. The van der Waals surface area contributed by atoms with Crippen molar-refractivity contribution >= 4 is 11.0 Å². The zero-order valence-corrected chi connectivity index (χ0v) is 16.0. The molecular formula is C22H27N3O2. The highest BCUT2D eigenvalue weighted by Gasteiger charge is 2.28. The maximum Gasteiger partial charge on any atom is 0.141 e. The Morgan fingerprint density at radius 2 is 1.89 bits per heavy atom. The summed E-state index contributed by atoms with van der Waals surface area (Å²) < 4.78 is 11.5. The van der Waals surface area contributed by atoms with E-state index in [0.29, 0.717) is 6.61 Å². The number of piperidine rings is 1. The summed E-state index contributed by atoms with van der Waals surface area (Å²) in [5.41, 5.74) is 4.51. The molecule has 0 radical (unpaired) electrons. The molecule has 2 aromatic heterocycles. The Kier molecular flexibility index (Phi) is 5.14. The van der Waals surface area contributed by atoms with Gasteiger partial charge in [0.15, 0.2) is 0 Å². The lowest BCUT2D eigenvalue weighted by molar-refractivity contribution is 0.124. The second kappa shape index (κ2) is 7.71. The molecule has 2 N–H and O–H groups in total. The fourth-order valence-electron chi connectivity index (χ4n) is 3.75. The van der Waals surface area contributed by atoms with Gasteiger partial charge in [0.1, 0.15) is 11.4 Å². The van der Waals surface area contributed by atoms with Crippen LogP contribution in [0.3, 0.4) is 0 Å². The molecule has 0 atom stereocenters. The first-order chi connectivity index (χ1) is 13.2. The lowest BCUT2D eigenvalue weighted by atomic mass is 9.82. The smallest absolute Gasteiger partial charge is 0.141 e. The monoisotopic (exact) mass is 365 g/mol. The number of pyridine rings is 1. The number of ether oxygens (including phenoxy) is 2. The van der Waals surface area contributed by atoms with E-state index in [1.807, 2.05) is 18.5 Å². The van der Waals surface area contributed by atoms with Crippen molar-refractivity contribution in [2.75, 3.05) is 26.8 Å². The number of fused-ring (bicyclic) bond motifs is 1. The summed E-state index contributed by atoms with van der Waals surface area (Å²) in [6, 6.07) is 10.4. The number of nitrogens with one attached hydrogen (secondary N) is 2. The van der Waals surface area contributed by atoms with E-state index in [1.165, 1.54) is 0 Å². The van der Waals surface area contributed by atoms with Gasteiger partial charge in [0.05, 0.1) is 18.6 Å². The van der Waals surface area contributed by atoms with E-state index in [1.54, 1.807) is 7.11 Å². The van der Waals surface area contributed by atoms with Crippen LogP contribution in [0.1, 0.15) is 25.3 Å². The van der Waals surface area contributed by atoms with E-state index in [0.717, 1.165) is 66.0 Å². The van der Waals surface area contributed by atoms with Gasteiger partial charge in [-0.1, -0.05) is 31.2 Å². The molecule has 27 heavy (non-hydrogen) atoms. The SMILES string of the molecule is COCc1ccc(-c2c[nH]c3nccc(OCC4(C)CCNCC4)c23)cc1. The second-order valence-electron chi connectivity index (χ2n) is 7.71. The van der Waals surface area contributed by atoms with Gasteiger partial charge in [-0.3, -0.25) is 0 Å². The molecule has 142 valence electrons. The topological polar surface area (TPSA) is 59.2 Å². The molecule has 4 rings (SSSR count). The first-order valence-electron chi connectivity index (χ1n) is 9.56. The summed E-state index contributed by atoms with van der Waals surface area (Å²) in [5.74, 6) is 0.900. The number of aromatic amines is 1. The second-order valence-corrected chi connectivity index (χ2v) is 7.71. The molecule has 1 fully saturated rings. The van der Waals surface area contributed by atoms with Gasteiger partial charge in [-0.15, -0.1) is 0 Å². The molecule has 1 aliphatic rings. The number of aromatic nitrogens is 2. The normalized spacial score (nSPS) is 16.5. The predicted molar refractivity (Wildman–Crippen MR) is 108 cm³/mol. The van der Waals surface area contributed by atoms with E-state index in [2.05, 4.69) is 46.5 Å². The standard InChI is InChI=1S/C22H27N3O2/c1-22(8-11-23-12-9-22)15-27-19-7-10-24-21-20(19)18(13-25-21)17-5-3-16(4-6-17)14-26-2/h3-7,10,13,23H,8-9,11-12,14-15H2,1-2H3,(H,24,25). The zero-order chi connectivity index (χ0) is 18.7. The third-order valence-corrected chi connectivity index (χ3v) is 5.50. The van der Waals surface area contributed by atoms with Gasteiger partial charge in [0, 0.05) is 30.5 Å². The molecular weight excluding hydrogens is 338 g/mol. The van der Waals surface area contributed by atoms with Crippen LogP contribution in [-0.4, -0.2) is 36.8 Å². The number of benzene rings is 1. The van der Waals surface area contributed by atoms with E-state index in [9.17, 15) is 0 Å². The minimum Gasteiger partial charge on any atom is -0.492 e. The molecule has 1 saturated heterocycles. The highest BCUT2D eigenvalue weighted by atomic mass is 16.5. The Morgan fingerprint density at radius 1 is 1.11 bits per heavy atom. The molecule has 0 amide bonds. The highest BCUT2D eigenvalue weighted by Crippen LogP contribution is 2.36. The summed E-state index contributed by atoms with van der Waals surface area (Å²) in [6.45, 7) is 5.80. The Hall–Kier alpha value is -2.37. The maximum absolute atomic E-state index is 6.34. The molecule has 3 aromatic rings. The van der Waals surface area contributed by atoms with Crippen molar-refractivity contribution in [1.29, 1.82) is 0 Å². The van der Waals surface area contributed by atoms with Crippen molar-refractivity contribution in [1.82, 2.24) is 15.3 Å². The number of hydrogen-bond donors (Lipinski definition) is 2. The Morgan fingerprint density at radius 3 is 2.63 bits per heavy atom. The van der Waals surface area contributed by atoms with Gasteiger partial charge in [-0.25, -0.2) is 4.98 Å². The van der Waals surface area contributed by atoms with Crippen molar-refractivity contribution in [2.24, 2.45) is 5.41 Å². The van der Waals surface area contributed by atoms with Gasteiger partial charge in [0.2, 0.25) is 0 Å². The summed E-state index contributed by atoms with van der Waals surface area (Å²) >= 11 is 0. The summed E-state index contributed by atoms with van der Waals surface area (Å²) in [6.07, 6.45) is 6.11. The Bertz CT molecular complexity index is 896. The fourth-order valence-corrected chi connectivity index (χ4v) is 3.75. The van der Waals surface area contributed by atoms with Crippen LogP contribution in [0.25, 0.3) is 22.2 Å². The molecule has 0 saturated carbocycles. The molecule has 1 aliphatic heterocycles. The van der Waals surface area contributed by atoms with Crippen LogP contribution in [0.4, 0.5) is 0 Å². The zero-order valence-electron chi connectivity index (χ0n) is 16.0. The van der Waals surface area contributed by atoms with Crippen molar-refractivity contribution in [3.05, 3.63) is 48.3 Å². The Labute approximate surface area is 160 Å². The van der Waals surface area contributed by atoms with Gasteiger partial charge in [0.25, 0.3) is 0 Å². The van der Waals surface area contributed by atoms with E-state index < -0.39 is 0 Å². The molecule has 0 unspecified atom stereocenters. The third kappa shape index (κ3) is 3.84. The average molecular weight is 365 g/mol. The van der Waals surface area contributed by atoms with Crippen LogP contribution in [0.15, 0.2) is 42.7 Å². The third-order valence-electron chi connectivity index (χ3n) is 5.50. The molecule has 5 heteroatoms. The maximum atomic E-state index is 6.34. The van der Waals surface area contributed by atoms with Crippen LogP contribution in [0.2, 0.25) is 0 Å². The van der Waals surface area contributed by atoms with Crippen molar-refractivity contribution in [3.63, 3.8) is 0 Å². The quantitative estimate of drug-likeness (QED) is 0.689. The van der Waals surface area contributed by atoms with Gasteiger partial charge < -0.3 is 19.8 Å². The van der Waals surface area contributed by atoms with Crippen LogP contribution >= 0.6 is 0 Å². The number of nitrogens with zero attached hydrogens (tertiary/aromatic N) is 1.